The van der Waals surface area contributed by atoms with Gasteiger partial charge in [0.1, 0.15) is 16.7 Å². The lowest BCUT2D eigenvalue weighted by Crippen LogP contribution is -2.17. The molecule has 0 N–H and O–H groups in total. The molecule has 7 aromatic carbocycles. The van der Waals surface area contributed by atoms with Crippen LogP contribution in [0.3, 0.4) is 0 Å². The molecule has 6 heteroatoms. The Balaban J connectivity index is 1.21. The van der Waals surface area contributed by atoms with Crippen LogP contribution in [-0.4, -0.2) is 19.9 Å². The minimum atomic E-state index is -0.251. The summed E-state index contributed by atoms with van der Waals surface area (Å²) in [7, 11) is 0. The van der Waals surface area contributed by atoms with Crippen LogP contribution in [0.15, 0.2) is 154 Å². The van der Waals surface area contributed by atoms with E-state index in [1.54, 1.807) is 0 Å². The molecule has 11 rings (SSSR count). The lowest BCUT2D eigenvalue weighted by molar-refractivity contribution is 0.619. The Labute approximate surface area is 304 Å². The molecule has 0 spiro atoms. The average molecular weight is 683 g/mol. The third-order valence-corrected chi connectivity index (χ3v) is 10.7. The molecule has 1 aliphatic carbocycles. The van der Waals surface area contributed by atoms with Crippen molar-refractivity contribution in [2.24, 2.45) is 0 Å². The van der Waals surface area contributed by atoms with E-state index in [-0.39, 0.29) is 5.41 Å². The molecule has 0 fully saturated rings. The molecule has 3 aromatic heterocycles. The SMILES string of the molecule is CC1(C)c2ccccc2-c2cccc(-c3nc(-c4ccccc4)nc(-c4cc5ccccc5c5c4oc4ccc6oc(-c7ccccc7)nc6c45)n3)c21. The largest absolute Gasteiger partial charge is 0.455 e. The van der Waals surface area contributed by atoms with Gasteiger partial charge in [-0.25, -0.2) is 19.9 Å². The van der Waals surface area contributed by atoms with E-state index in [9.17, 15) is 0 Å². The van der Waals surface area contributed by atoms with Crippen molar-refractivity contribution in [2.45, 2.75) is 19.3 Å². The van der Waals surface area contributed by atoms with Gasteiger partial charge in [-0.2, -0.15) is 0 Å². The third kappa shape index (κ3) is 4.39. The molecule has 1 aliphatic rings. The molecule has 53 heavy (non-hydrogen) atoms. The Kier molecular flexibility index (Phi) is 6.20. The summed E-state index contributed by atoms with van der Waals surface area (Å²) in [5.74, 6) is 2.32. The Morgan fingerprint density at radius 2 is 1.11 bits per heavy atom. The van der Waals surface area contributed by atoms with Gasteiger partial charge in [-0.3, -0.25) is 0 Å². The summed E-state index contributed by atoms with van der Waals surface area (Å²) in [5, 5.41) is 3.95. The molecule has 250 valence electrons. The second kappa shape index (κ2) is 11.0. The molecule has 10 aromatic rings. The van der Waals surface area contributed by atoms with E-state index in [2.05, 4.69) is 86.6 Å². The molecule has 0 atom stereocenters. The molecule has 0 saturated carbocycles. The molecule has 0 aliphatic heterocycles. The van der Waals surface area contributed by atoms with Crippen molar-refractivity contribution >= 4 is 43.8 Å². The molecule has 0 radical (unpaired) electrons. The predicted molar refractivity (Wildman–Crippen MR) is 211 cm³/mol. The Morgan fingerprint density at radius 3 is 1.94 bits per heavy atom. The Morgan fingerprint density at radius 1 is 0.472 bits per heavy atom. The highest BCUT2D eigenvalue weighted by molar-refractivity contribution is 6.27. The summed E-state index contributed by atoms with van der Waals surface area (Å²) < 4.78 is 13.2. The van der Waals surface area contributed by atoms with Crippen molar-refractivity contribution < 1.29 is 8.83 Å². The number of aromatic nitrogens is 4. The van der Waals surface area contributed by atoms with E-state index in [4.69, 9.17) is 28.8 Å². The number of hydrogen-bond acceptors (Lipinski definition) is 6. The first-order chi connectivity index (χ1) is 26.0. The minimum absolute atomic E-state index is 0.251. The normalized spacial score (nSPS) is 13.2. The summed E-state index contributed by atoms with van der Waals surface area (Å²) >= 11 is 0. The summed E-state index contributed by atoms with van der Waals surface area (Å²) in [6, 6.07) is 49.6. The van der Waals surface area contributed by atoms with Gasteiger partial charge in [0.15, 0.2) is 23.1 Å². The summed E-state index contributed by atoms with van der Waals surface area (Å²) in [5.41, 5.74) is 11.2. The van der Waals surface area contributed by atoms with Crippen LogP contribution >= 0.6 is 0 Å². The predicted octanol–water partition coefficient (Wildman–Crippen LogP) is 12.0. The van der Waals surface area contributed by atoms with Gasteiger partial charge < -0.3 is 8.83 Å². The second-order valence-electron chi connectivity index (χ2n) is 14.2. The maximum atomic E-state index is 6.83. The van der Waals surface area contributed by atoms with E-state index >= 15 is 0 Å². The third-order valence-electron chi connectivity index (χ3n) is 10.7. The zero-order chi connectivity index (χ0) is 35.3. The van der Waals surface area contributed by atoms with Crippen molar-refractivity contribution in [1.82, 2.24) is 19.9 Å². The molecular formula is C47H30N4O2. The standard InChI is InChI=1S/C47H30N4O2/c1-47(2)35-23-12-11-20-31(35)32-21-13-22-33(40(32)47)44-49-43(27-14-5-3-6-15-27)50-45(51-44)34-26-29-18-9-10-19-30(29)38-39-36(52-42(34)38)24-25-37-41(39)48-46(53-37)28-16-7-4-8-17-28/h3-26H,1-2H3. The van der Waals surface area contributed by atoms with Crippen LogP contribution in [-0.2, 0) is 5.41 Å². The van der Waals surface area contributed by atoms with Crippen LogP contribution in [0.25, 0.3) is 101 Å². The van der Waals surface area contributed by atoms with Crippen molar-refractivity contribution in [2.75, 3.05) is 0 Å². The van der Waals surface area contributed by atoms with Crippen molar-refractivity contribution in [3.63, 3.8) is 0 Å². The number of benzene rings is 7. The van der Waals surface area contributed by atoms with Crippen LogP contribution in [0.2, 0.25) is 0 Å². The van der Waals surface area contributed by atoms with Crippen LogP contribution in [0.5, 0.6) is 0 Å². The van der Waals surface area contributed by atoms with Crippen LogP contribution < -0.4 is 0 Å². The van der Waals surface area contributed by atoms with E-state index in [1.165, 1.54) is 22.3 Å². The van der Waals surface area contributed by atoms with Crippen LogP contribution in [0.1, 0.15) is 25.0 Å². The topological polar surface area (TPSA) is 77.8 Å². The number of nitrogens with zero attached hydrogens (tertiary/aromatic N) is 4. The first kappa shape index (κ1) is 29.8. The molecule has 0 amide bonds. The second-order valence-corrected chi connectivity index (χ2v) is 14.2. The first-order valence-electron chi connectivity index (χ1n) is 17.8. The summed E-state index contributed by atoms with van der Waals surface area (Å²) in [6.45, 7) is 4.58. The smallest absolute Gasteiger partial charge is 0.227 e. The minimum Gasteiger partial charge on any atom is -0.455 e. The van der Waals surface area contributed by atoms with E-state index in [0.29, 0.717) is 34.5 Å². The Bertz CT molecular complexity index is 3090. The highest BCUT2D eigenvalue weighted by Gasteiger charge is 2.38. The quantitative estimate of drug-likeness (QED) is 0.184. The van der Waals surface area contributed by atoms with Gasteiger partial charge in [-0.1, -0.05) is 129 Å². The molecule has 0 saturated heterocycles. The van der Waals surface area contributed by atoms with Crippen molar-refractivity contribution in [3.8, 4) is 56.7 Å². The van der Waals surface area contributed by atoms with E-state index in [1.807, 2.05) is 72.8 Å². The van der Waals surface area contributed by atoms with Crippen molar-refractivity contribution in [1.29, 1.82) is 0 Å². The number of furan rings is 1. The van der Waals surface area contributed by atoms with E-state index in [0.717, 1.165) is 54.9 Å². The Hall–Kier alpha value is -6.92. The van der Waals surface area contributed by atoms with E-state index < -0.39 is 0 Å². The molecule has 3 heterocycles. The number of fused-ring (bicyclic) bond motifs is 10. The highest BCUT2D eigenvalue weighted by atomic mass is 16.4. The van der Waals surface area contributed by atoms with Crippen LogP contribution in [0.4, 0.5) is 0 Å². The maximum absolute atomic E-state index is 6.83. The van der Waals surface area contributed by atoms with Gasteiger partial charge in [0.05, 0.1) is 10.9 Å². The molecule has 6 nitrogen and oxygen atoms in total. The number of oxazole rings is 1. The molecular weight excluding hydrogens is 653 g/mol. The lowest BCUT2D eigenvalue weighted by Gasteiger charge is -2.24. The fraction of sp³-hybridized carbons (Fsp3) is 0.0638. The fourth-order valence-electron chi connectivity index (χ4n) is 8.33. The van der Waals surface area contributed by atoms with Gasteiger partial charge in [-0.15, -0.1) is 0 Å². The van der Waals surface area contributed by atoms with Crippen molar-refractivity contribution in [3.05, 3.63) is 157 Å². The van der Waals surface area contributed by atoms with Crippen LogP contribution in [0, 0.1) is 0 Å². The summed E-state index contributed by atoms with van der Waals surface area (Å²) in [6.07, 6.45) is 0. The average Bonchev–Trinajstić information content (AvgIpc) is 3.89. The molecule has 0 bridgehead atoms. The first-order valence-corrected chi connectivity index (χ1v) is 17.8. The molecule has 0 unspecified atom stereocenters. The summed E-state index contributed by atoms with van der Waals surface area (Å²) in [4.78, 5) is 20.7. The van der Waals surface area contributed by atoms with Gasteiger partial charge >= 0.3 is 0 Å². The fourth-order valence-corrected chi connectivity index (χ4v) is 8.33. The highest BCUT2D eigenvalue weighted by Crippen LogP contribution is 2.52. The zero-order valence-electron chi connectivity index (χ0n) is 29.0. The van der Waals surface area contributed by atoms with Gasteiger partial charge in [0, 0.05) is 27.5 Å². The van der Waals surface area contributed by atoms with Gasteiger partial charge in [0.25, 0.3) is 0 Å². The van der Waals surface area contributed by atoms with Gasteiger partial charge in [0.2, 0.25) is 5.89 Å². The zero-order valence-corrected chi connectivity index (χ0v) is 29.0. The monoisotopic (exact) mass is 682 g/mol. The number of hydrogen-bond donors (Lipinski definition) is 0. The van der Waals surface area contributed by atoms with Gasteiger partial charge in [-0.05, 0) is 63.4 Å². The number of rotatable bonds is 4. The lowest BCUT2D eigenvalue weighted by atomic mass is 9.80. The maximum Gasteiger partial charge on any atom is 0.227 e.